The lowest BCUT2D eigenvalue weighted by Crippen LogP contribution is -2.20. The molecule has 0 spiro atoms. The van der Waals surface area contributed by atoms with E-state index in [1.807, 2.05) is 13.8 Å². The van der Waals surface area contributed by atoms with Crippen LogP contribution in [0.3, 0.4) is 0 Å². The molecule has 9 heteroatoms. The summed E-state index contributed by atoms with van der Waals surface area (Å²) in [4.78, 5) is 27.6. The van der Waals surface area contributed by atoms with E-state index in [9.17, 15) is 9.59 Å². The minimum Gasteiger partial charge on any atom is -0.493 e. The Bertz CT molecular complexity index is 1080. The van der Waals surface area contributed by atoms with E-state index in [1.54, 1.807) is 42.5 Å². The van der Waals surface area contributed by atoms with Gasteiger partial charge in [0.05, 0.1) is 20.3 Å². The van der Waals surface area contributed by atoms with Crippen molar-refractivity contribution < 1.29 is 33.3 Å². The van der Waals surface area contributed by atoms with E-state index in [2.05, 4.69) is 4.99 Å². The summed E-state index contributed by atoms with van der Waals surface area (Å²) in [5.41, 5.74) is 6.44. The zero-order valence-electron chi connectivity index (χ0n) is 18.0. The zero-order valence-corrected chi connectivity index (χ0v) is 18.0. The molecule has 3 rings (SSSR count). The average Bonchev–Trinajstić information content (AvgIpc) is 3.14. The van der Waals surface area contributed by atoms with Gasteiger partial charge in [-0.05, 0) is 55.8 Å². The fraction of sp³-hybridized carbons (Fsp3) is 0.261. The molecule has 2 aromatic carbocycles. The van der Waals surface area contributed by atoms with Crippen LogP contribution in [0.5, 0.6) is 23.0 Å². The molecule has 1 amide bonds. The van der Waals surface area contributed by atoms with Gasteiger partial charge in [0.15, 0.2) is 35.3 Å². The second-order valence-corrected chi connectivity index (χ2v) is 6.53. The first kappa shape index (κ1) is 22.7. The van der Waals surface area contributed by atoms with Crippen molar-refractivity contribution in [3.8, 4) is 23.0 Å². The van der Waals surface area contributed by atoms with Gasteiger partial charge in [0, 0.05) is 5.56 Å². The van der Waals surface area contributed by atoms with Crippen molar-refractivity contribution in [2.75, 3.05) is 26.9 Å². The van der Waals surface area contributed by atoms with Crippen molar-refractivity contribution >= 4 is 23.9 Å². The minimum atomic E-state index is -0.601. The van der Waals surface area contributed by atoms with Crippen LogP contribution in [0.25, 0.3) is 6.08 Å². The van der Waals surface area contributed by atoms with Gasteiger partial charge in [-0.25, -0.2) is 9.79 Å². The zero-order chi connectivity index (χ0) is 23.1. The smallest absolute Gasteiger partial charge is 0.363 e. The van der Waals surface area contributed by atoms with E-state index in [4.69, 9.17) is 29.4 Å². The number of rotatable bonds is 10. The Kier molecular flexibility index (Phi) is 7.33. The first-order valence-electron chi connectivity index (χ1n) is 9.96. The van der Waals surface area contributed by atoms with Gasteiger partial charge >= 0.3 is 5.97 Å². The highest BCUT2D eigenvalue weighted by molar-refractivity contribution is 6.13. The van der Waals surface area contributed by atoms with Gasteiger partial charge in [-0.2, -0.15) is 0 Å². The molecule has 0 bridgehead atoms. The quantitative estimate of drug-likeness (QED) is 0.446. The highest BCUT2D eigenvalue weighted by Crippen LogP contribution is 2.32. The molecule has 2 N–H and O–H groups in total. The van der Waals surface area contributed by atoms with E-state index in [-0.39, 0.29) is 18.2 Å². The van der Waals surface area contributed by atoms with E-state index in [1.165, 1.54) is 7.11 Å². The van der Waals surface area contributed by atoms with Crippen LogP contribution in [0.4, 0.5) is 0 Å². The third kappa shape index (κ3) is 5.37. The number of carbonyl (C=O) groups excluding carboxylic acids is 2. The minimum absolute atomic E-state index is 0.125. The molecule has 0 radical (unpaired) electrons. The van der Waals surface area contributed by atoms with Gasteiger partial charge in [0.1, 0.15) is 0 Å². The summed E-state index contributed by atoms with van der Waals surface area (Å²) < 4.78 is 27.1. The van der Waals surface area contributed by atoms with Crippen molar-refractivity contribution in [1.82, 2.24) is 0 Å². The van der Waals surface area contributed by atoms with Crippen LogP contribution in [0.15, 0.2) is 47.1 Å². The van der Waals surface area contributed by atoms with Crippen LogP contribution in [-0.4, -0.2) is 44.7 Å². The Morgan fingerprint density at radius 1 is 1.00 bits per heavy atom. The number of methoxy groups -OCH3 is 1. The summed E-state index contributed by atoms with van der Waals surface area (Å²) in [5, 5.41) is 0. The third-order valence-corrected chi connectivity index (χ3v) is 4.27. The molecule has 1 aliphatic rings. The molecule has 0 fully saturated rings. The number of hydrogen-bond acceptors (Lipinski definition) is 8. The van der Waals surface area contributed by atoms with Crippen LogP contribution in [-0.2, 0) is 14.3 Å². The molecule has 168 valence electrons. The molecule has 0 saturated heterocycles. The fourth-order valence-electron chi connectivity index (χ4n) is 2.92. The molecule has 0 aliphatic carbocycles. The van der Waals surface area contributed by atoms with Crippen molar-refractivity contribution in [3.05, 3.63) is 53.2 Å². The molecule has 0 unspecified atom stereocenters. The van der Waals surface area contributed by atoms with Crippen LogP contribution < -0.4 is 24.7 Å². The molecule has 2 aromatic rings. The number of cyclic esters (lactones) is 1. The van der Waals surface area contributed by atoms with E-state index >= 15 is 0 Å². The van der Waals surface area contributed by atoms with Gasteiger partial charge < -0.3 is 29.4 Å². The Labute approximate surface area is 185 Å². The molecule has 9 nitrogen and oxygen atoms in total. The van der Waals surface area contributed by atoms with Crippen molar-refractivity contribution in [1.29, 1.82) is 0 Å². The van der Waals surface area contributed by atoms with E-state index in [0.29, 0.717) is 47.3 Å². The highest BCUT2D eigenvalue weighted by Gasteiger charge is 2.25. The predicted octanol–water partition coefficient (Wildman–Crippen LogP) is 2.70. The Hall–Kier alpha value is -4.01. The summed E-state index contributed by atoms with van der Waals surface area (Å²) in [5.74, 6) is 0.853. The molecular formula is C23H24N2O7. The lowest BCUT2D eigenvalue weighted by molar-refractivity contribution is -0.130. The number of primary amides is 1. The van der Waals surface area contributed by atoms with Crippen molar-refractivity contribution in [2.24, 2.45) is 10.7 Å². The van der Waals surface area contributed by atoms with Gasteiger partial charge in [-0.3, -0.25) is 4.79 Å². The number of ether oxygens (including phenoxy) is 5. The van der Waals surface area contributed by atoms with Crippen LogP contribution in [0.1, 0.15) is 25.0 Å². The van der Waals surface area contributed by atoms with E-state index in [0.717, 1.165) is 0 Å². The van der Waals surface area contributed by atoms with Gasteiger partial charge in [0.2, 0.25) is 5.90 Å². The second kappa shape index (κ2) is 10.3. The summed E-state index contributed by atoms with van der Waals surface area (Å²) in [6.45, 7) is 4.44. The van der Waals surface area contributed by atoms with Crippen LogP contribution in [0, 0.1) is 0 Å². The highest BCUT2D eigenvalue weighted by atomic mass is 16.6. The van der Waals surface area contributed by atoms with Gasteiger partial charge in [0.25, 0.3) is 5.91 Å². The lowest BCUT2D eigenvalue weighted by atomic mass is 10.1. The maximum Gasteiger partial charge on any atom is 0.363 e. The molecule has 1 heterocycles. The summed E-state index contributed by atoms with van der Waals surface area (Å²) in [6.07, 6.45) is 1.56. The van der Waals surface area contributed by atoms with Gasteiger partial charge in [-0.1, -0.05) is 6.07 Å². The summed E-state index contributed by atoms with van der Waals surface area (Å²) in [6, 6.07) is 10.2. The Balaban J connectivity index is 1.87. The fourth-order valence-corrected chi connectivity index (χ4v) is 2.92. The monoisotopic (exact) mass is 440 g/mol. The first-order chi connectivity index (χ1) is 15.4. The predicted molar refractivity (Wildman–Crippen MR) is 117 cm³/mol. The number of amides is 1. The Morgan fingerprint density at radius 3 is 2.38 bits per heavy atom. The van der Waals surface area contributed by atoms with E-state index < -0.39 is 11.9 Å². The summed E-state index contributed by atoms with van der Waals surface area (Å²) in [7, 11) is 1.46. The topological polar surface area (TPSA) is 119 Å². The molecular weight excluding hydrogens is 416 g/mol. The number of nitrogens with two attached hydrogens (primary N) is 1. The Morgan fingerprint density at radius 2 is 1.69 bits per heavy atom. The van der Waals surface area contributed by atoms with Crippen LogP contribution in [0.2, 0.25) is 0 Å². The second-order valence-electron chi connectivity index (χ2n) is 6.53. The maximum absolute atomic E-state index is 12.4. The first-order valence-corrected chi connectivity index (χ1v) is 9.96. The number of esters is 1. The molecule has 32 heavy (non-hydrogen) atoms. The number of aliphatic imine (C=N–C) groups is 1. The molecule has 0 saturated carbocycles. The standard InChI is InChI=1S/C23H24N2O7/c1-4-29-18-9-7-15(12-20(18)30-5-2)22-25-16(23(27)32-22)10-14-6-8-17(19(11-14)28-3)31-13-21(24)26/h6-12H,4-5,13H2,1-3H3,(H2,24,26)/b16-10+. The van der Waals surface area contributed by atoms with Crippen molar-refractivity contribution in [3.63, 3.8) is 0 Å². The SMILES string of the molecule is CCOc1ccc(C2=N/C(=C/c3ccc(OCC(N)=O)c(OC)c3)C(=O)O2)cc1OCC. The average molecular weight is 440 g/mol. The molecule has 0 aromatic heterocycles. The number of hydrogen-bond donors (Lipinski definition) is 1. The number of carbonyl (C=O) groups is 2. The summed E-state index contributed by atoms with van der Waals surface area (Å²) >= 11 is 0. The number of nitrogens with zero attached hydrogens (tertiary/aromatic N) is 1. The lowest BCUT2D eigenvalue weighted by Gasteiger charge is -2.11. The van der Waals surface area contributed by atoms with Crippen molar-refractivity contribution in [2.45, 2.75) is 13.8 Å². The van der Waals surface area contributed by atoms with Gasteiger partial charge in [-0.15, -0.1) is 0 Å². The number of benzene rings is 2. The normalized spacial score (nSPS) is 14.0. The third-order valence-electron chi connectivity index (χ3n) is 4.27. The maximum atomic E-state index is 12.4. The largest absolute Gasteiger partial charge is 0.493 e. The molecule has 1 aliphatic heterocycles. The van der Waals surface area contributed by atoms with Crippen LogP contribution >= 0.6 is 0 Å². The molecule has 0 atom stereocenters.